The molecule has 0 saturated carbocycles. The summed E-state index contributed by atoms with van der Waals surface area (Å²) in [4.78, 5) is 15.0. The summed E-state index contributed by atoms with van der Waals surface area (Å²) >= 11 is 0. The van der Waals surface area contributed by atoms with E-state index in [1.807, 2.05) is 231 Å². The summed E-state index contributed by atoms with van der Waals surface area (Å²) in [7, 11) is 0. The van der Waals surface area contributed by atoms with E-state index >= 15 is 0 Å². The molecule has 0 spiro atoms. The van der Waals surface area contributed by atoms with E-state index in [1.54, 1.807) is 0 Å². The van der Waals surface area contributed by atoms with Crippen molar-refractivity contribution in [1.82, 2.24) is 0 Å². The van der Waals surface area contributed by atoms with Gasteiger partial charge in [-0.2, -0.15) is 0 Å². The number of hydrogen-bond acceptors (Lipinski definition) is 3. The van der Waals surface area contributed by atoms with Crippen molar-refractivity contribution in [3.63, 3.8) is 0 Å². The van der Waals surface area contributed by atoms with E-state index in [-0.39, 0.29) is 5.78 Å². The molecular formula is C59H40O3. The largest absolute Gasteiger partial charge is 0.369 e. The molecular weight excluding hydrogens is 757 g/mol. The summed E-state index contributed by atoms with van der Waals surface area (Å²) in [5.74, 6) is 12.8. The lowest BCUT2D eigenvalue weighted by molar-refractivity contribution is -0.108. The second-order valence-electron chi connectivity index (χ2n) is 15.1. The van der Waals surface area contributed by atoms with E-state index in [1.165, 1.54) is 0 Å². The molecule has 3 heteroatoms. The maximum Gasteiger partial charge on any atom is 0.195 e. The molecule has 8 aromatic carbocycles. The molecule has 62 heavy (non-hydrogen) atoms. The van der Waals surface area contributed by atoms with Crippen LogP contribution in [0.3, 0.4) is 0 Å². The van der Waals surface area contributed by atoms with Gasteiger partial charge in [0, 0.05) is 55.7 Å². The summed E-state index contributed by atoms with van der Waals surface area (Å²) < 4.78 is 0. The Morgan fingerprint density at radius 3 is 0.806 bits per heavy atom. The Morgan fingerprint density at radius 2 is 0.532 bits per heavy atom. The van der Waals surface area contributed by atoms with Crippen LogP contribution in [-0.4, -0.2) is 16.0 Å². The normalized spacial score (nSPS) is 12.6. The highest BCUT2D eigenvalue weighted by Gasteiger charge is 2.36. The van der Waals surface area contributed by atoms with Gasteiger partial charge in [0.25, 0.3) is 0 Å². The van der Waals surface area contributed by atoms with Crippen molar-refractivity contribution in [3.05, 3.63) is 286 Å². The van der Waals surface area contributed by atoms with Crippen LogP contribution in [0.25, 0.3) is 22.3 Å². The zero-order valence-electron chi connectivity index (χ0n) is 33.7. The highest BCUT2D eigenvalue weighted by molar-refractivity contribution is 6.59. The van der Waals surface area contributed by atoms with Crippen molar-refractivity contribution in [2.24, 2.45) is 0 Å². The van der Waals surface area contributed by atoms with Crippen LogP contribution in [0.4, 0.5) is 0 Å². The Kier molecular flexibility index (Phi) is 11.0. The third-order valence-electron chi connectivity index (χ3n) is 11.2. The number of aliphatic hydroxyl groups is 2. The van der Waals surface area contributed by atoms with E-state index in [0.29, 0.717) is 44.5 Å². The van der Waals surface area contributed by atoms with E-state index in [2.05, 4.69) is 23.7 Å². The average molecular weight is 797 g/mol. The van der Waals surface area contributed by atoms with Crippen LogP contribution in [0.15, 0.2) is 231 Å². The van der Waals surface area contributed by atoms with Gasteiger partial charge >= 0.3 is 0 Å². The molecule has 0 atom stereocenters. The Bertz CT molecular complexity index is 2750. The summed E-state index contributed by atoms with van der Waals surface area (Å²) in [6.07, 6.45) is 0. The number of Topliss-reactive ketones (excluding diaryl/α,β-unsaturated/α-hetero) is 1. The van der Waals surface area contributed by atoms with Crippen LogP contribution in [-0.2, 0) is 16.0 Å². The molecule has 294 valence electrons. The number of hydrogen-bond donors (Lipinski definition) is 2. The summed E-state index contributed by atoms with van der Waals surface area (Å²) in [6.45, 7) is 0. The first-order chi connectivity index (χ1) is 30.4. The molecule has 8 aromatic rings. The van der Waals surface area contributed by atoms with Crippen molar-refractivity contribution < 1.29 is 15.0 Å². The van der Waals surface area contributed by atoms with E-state index < -0.39 is 11.2 Å². The van der Waals surface area contributed by atoms with Crippen LogP contribution in [0.1, 0.15) is 55.6 Å². The number of benzene rings is 8. The minimum atomic E-state index is -1.53. The summed E-state index contributed by atoms with van der Waals surface area (Å²) in [6, 6.07) is 73.3. The first kappa shape index (κ1) is 39.4. The zero-order valence-corrected chi connectivity index (χ0v) is 33.7. The fourth-order valence-corrected chi connectivity index (χ4v) is 8.05. The molecule has 0 aliphatic heterocycles. The number of allylic oxidation sites excluding steroid dienone is 4. The molecule has 9 rings (SSSR count). The lowest BCUT2D eigenvalue weighted by atomic mass is 9.86. The van der Waals surface area contributed by atoms with Crippen molar-refractivity contribution >= 4 is 28.1 Å². The van der Waals surface area contributed by atoms with Crippen LogP contribution in [0, 0.1) is 23.7 Å². The van der Waals surface area contributed by atoms with E-state index in [4.69, 9.17) is 0 Å². The standard InChI is InChI=1S/C59H40O3/c60-57-55(45-19-7-1-8-20-45)53(47-35-31-43(32-36-47)39-41-58(61,49-23-11-3-12-24-49)50-25-13-4-14-26-50)54(56(57)46-21-9-2-10-22-46)48-37-33-44(34-38-48)40-42-59(62,51-27-15-5-16-28-51)52-29-17-6-18-30-52/h1-38,61-62H. The van der Waals surface area contributed by atoms with Gasteiger partial charge in [-0.3, -0.25) is 4.79 Å². The van der Waals surface area contributed by atoms with Crippen LogP contribution < -0.4 is 0 Å². The van der Waals surface area contributed by atoms with Gasteiger partial charge in [-0.25, -0.2) is 0 Å². The maximum absolute atomic E-state index is 15.0. The van der Waals surface area contributed by atoms with Crippen LogP contribution in [0.5, 0.6) is 0 Å². The van der Waals surface area contributed by atoms with Gasteiger partial charge in [-0.1, -0.05) is 230 Å². The van der Waals surface area contributed by atoms with Gasteiger partial charge < -0.3 is 10.2 Å². The number of carbonyl (C=O) groups excluding carboxylic acids is 1. The van der Waals surface area contributed by atoms with Gasteiger partial charge in [-0.05, 0) is 46.5 Å². The summed E-state index contributed by atoms with van der Waals surface area (Å²) in [5, 5.41) is 24.2. The van der Waals surface area contributed by atoms with Gasteiger partial charge in [0.05, 0.1) is 0 Å². The fourth-order valence-electron chi connectivity index (χ4n) is 8.05. The SMILES string of the molecule is O=C1C(c2ccccc2)=C(c2ccc(C#CC(O)(c3ccccc3)c3ccccc3)cc2)C(c2ccc(C#CC(O)(c3ccccc3)c3ccccc3)cc2)=C1c1ccccc1. The molecule has 0 heterocycles. The molecule has 1 aliphatic rings. The Balaban J connectivity index is 1.15. The van der Waals surface area contributed by atoms with Crippen molar-refractivity contribution in [1.29, 1.82) is 0 Å². The second kappa shape index (κ2) is 17.3. The molecule has 1 aliphatic carbocycles. The van der Waals surface area contributed by atoms with Crippen LogP contribution in [0.2, 0.25) is 0 Å². The van der Waals surface area contributed by atoms with Crippen molar-refractivity contribution in [2.45, 2.75) is 11.2 Å². The number of ketones is 1. The van der Waals surface area contributed by atoms with Gasteiger partial charge in [0.1, 0.15) is 0 Å². The molecule has 3 nitrogen and oxygen atoms in total. The maximum atomic E-state index is 15.0. The van der Waals surface area contributed by atoms with Crippen molar-refractivity contribution in [3.8, 4) is 23.7 Å². The quantitative estimate of drug-likeness (QED) is 0.151. The van der Waals surface area contributed by atoms with Crippen molar-refractivity contribution in [2.75, 3.05) is 0 Å². The molecule has 0 aromatic heterocycles. The van der Waals surface area contributed by atoms with Gasteiger partial charge in [0.15, 0.2) is 17.0 Å². The van der Waals surface area contributed by atoms with E-state index in [0.717, 1.165) is 33.4 Å². The van der Waals surface area contributed by atoms with E-state index in [9.17, 15) is 15.0 Å². The minimum absolute atomic E-state index is 0.0632. The summed E-state index contributed by atoms with van der Waals surface area (Å²) in [5.41, 5.74) is 7.29. The predicted molar refractivity (Wildman–Crippen MR) is 250 cm³/mol. The topological polar surface area (TPSA) is 57.5 Å². The molecule has 0 fully saturated rings. The number of rotatable bonds is 8. The highest BCUT2D eigenvalue weighted by atomic mass is 16.3. The third kappa shape index (κ3) is 7.75. The molecule has 0 amide bonds. The molecule has 2 N–H and O–H groups in total. The molecule has 0 radical (unpaired) electrons. The third-order valence-corrected chi connectivity index (χ3v) is 11.2. The van der Waals surface area contributed by atoms with Crippen LogP contribution >= 0.6 is 0 Å². The lowest BCUT2D eigenvalue weighted by Gasteiger charge is -2.23. The molecule has 0 unspecified atom stereocenters. The molecule has 0 saturated heterocycles. The first-order valence-electron chi connectivity index (χ1n) is 20.5. The predicted octanol–water partition coefficient (Wildman–Crippen LogP) is 11.4. The zero-order chi connectivity index (χ0) is 42.4. The fraction of sp³-hybridized carbons (Fsp3) is 0.0339. The molecule has 0 bridgehead atoms. The smallest absolute Gasteiger partial charge is 0.195 e. The van der Waals surface area contributed by atoms with Gasteiger partial charge in [0.2, 0.25) is 0 Å². The Morgan fingerprint density at radius 1 is 0.290 bits per heavy atom. The minimum Gasteiger partial charge on any atom is -0.369 e. The lowest BCUT2D eigenvalue weighted by Crippen LogP contribution is -2.25. The monoisotopic (exact) mass is 796 g/mol. The number of carbonyl (C=O) groups is 1. The Hall–Kier alpha value is -8.05. The Labute approximate surface area is 362 Å². The average Bonchev–Trinajstić information content (AvgIpc) is 3.66. The van der Waals surface area contributed by atoms with Gasteiger partial charge in [-0.15, -0.1) is 0 Å². The second-order valence-corrected chi connectivity index (χ2v) is 15.1. The first-order valence-corrected chi connectivity index (χ1v) is 20.5. The highest BCUT2D eigenvalue weighted by Crippen LogP contribution is 2.49.